The molecule has 0 atom stereocenters. The van der Waals surface area contributed by atoms with E-state index in [-0.39, 0.29) is 11.7 Å². The van der Waals surface area contributed by atoms with E-state index in [2.05, 4.69) is 0 Å². The predicted molar refractivity (Wildman–Crippen MR) is 47.8 cm³/mol. The third-order valence-corrected chi connectivity index (χ3v) is 4.96. The van der Waals surface area contributed by atoms with E-state index in [9.17, 15) is 8.42 Å². The third kappa shape index (κ3) is 1.64. The first-order valence-electron chi connectivity index (χ1n) is 4.17. The van der Waals surface area contributed by atoms with Crippen LogP contribution in [0.2, 0.25) is 0 Å². The van der Waals surface area contributed by atoms with E-state index in [4.69, 9.17) is 4.74 Å². The Hall–Kier alpha value is -0.0900. The van der Waals surface area contributed by atoms with Gasteiger partial charge in [-0.05, 0) is 12.8 Å². The molecule has 0 aromatic heterocycles. The van der Waals surface area contributed by atoms with Crippen molar-refractivity contribution in [2.24, 2.45) is 5.92 Å². The van der Waals surface area contributed by atoms with Gasteiger partial charge in [-0.15, -0.1) is 0 Å². The predicted octanol–water partition coefficient (Wildman–Crippen LogP) is 0.846. The molecule has 0 aromatic carbocycles. The van der Waals surface area contributed by atoms with Gasteiger partial charge in [-0.25, -0.2) is 8.42 Å². The zero-order valence-electron chi connectivity index (χ0n) is 7.83. The number of sulfone groups is 1. The van der Waals surface area contributed by atoms with Crippen molar-refractivity contribution in [2.45, 2.75) is 25.5 Å². The van der Waals surface area contributed by atoms with Crippen molar-refractivity contribution in [3.05, 3.63) is 0 Å². The Balaban J connectivity index is 2.72. The molecule has 12 heavy (non-hydrogen) atoms. The third-order valence-electron chi connectivity index (χ3n) is 2.12. The summed E-state index contributed by atoms with van der Waals surface area (Å²) in [6, 6.07) is 0. The molecule has 1 saturated heterocycles. The van der Waals surface area contributed by atoms with Crippen LogP contribution in [0, 0.1) is 5.92 Å². The van der Waals surface area contributed by atoms with E-state index < -0.39 is 14.6 Å². The maximum Gasteiger partial charge on any atom is 0.160 e. The van der Waals surface area contributed by atoms with Crippen LogP contribution in [0.15, 0.2) is 0 Å². The van der Waals surface area contributed by atoms with Crippen LogP contribution >= 0.6 is 0 Å². The maximum absolute atomic E-state index is 11.7. The highest BCUT2D eigenvalue weighted by Crippen LogP contribution is 2.27. The van der Waals surface area contributed by atoms with Gasteiger partial charge in [0.2, 0.25) is 0 Å². The fourth-order valence-electron chi connectivity index (χ4n) is 1.21. The molecule has 0 radical (unpaired) electrons. The molecule has 72 valence electrons. The molecule has 0 amide bonds. The second kappa shape index (κ2) is 3.00. The first-order valence-corrected chi connectivity index (χ1v) is 5.83. The molecule has 1 heterocycles. The van der Waals surface area contributed by atoms with E-state index in [0.29, 0.717) is 13.2 Å². The van der Waals surface area contributed by atoms with Gasteiger partial charge in [-0.1, -0.05) is 13.8 Å². The van der Waals surface area contributed by atoms with Gasteiger partial charge in [0.15, 0.2) is 9.84 Å². The Morgan fingerprint density at radius 3 is 2.17 bits per heavy atom. The number of ether oxygens (including phenoxy) is 1. The van der Waals surface area contributed by atoms with E-state index >= 15 is 0 Å². The van der Waals surface area contributed by atoms with Crippen molar-refractivity contribution in [2.75, 3.05) is 19.0 Å². The average molecular weight is 192 g/mol. The highest BCUT2D eigenvalue weighted by molar-refractivity contribution is 7.92. The highest BCUT2D eigenvalue weighted by atomic mass is 32.2. The van der Waals surface area contributed by atoms with Gasteiger partial charge in [-0.3, -0.25) is 0 Å². The van der Waals surface area contributed by atoms with Crippen LogP contribution in [0.1, 0.15) is 20.8 Å². The first-order chi connectivity index (χ1) is 5.37. The molecule has 0 aliphatic carbocycles. The Morgan fingerprint density at radius 2 is 1.92 bits per heavy atom. The summed E-state index contributed by atoms with van der Waals surface area (Å²) in [7, 11) is -2.95. The molecule has 1 aliphatic rings. The molecule has 0 N–H and O–H groups in total. The zero-order valence-corrected chi connectivity index (χ0v) is 8.65. The number of hydrogen-bond donors (Lipinski definition) is 0. The first kappa shape index (κ1) is 9.99. The number of rotatable bonds is 3. The van der Waals surface area contributed by atoms with Crippen LogP contribution in [0.25, 0.3) is 0 Å². The highest BCUT2D eigenvalue weighted by Gasteiger charge is 2.45. The monoisotopic (exact) mass is 192 g/mol. The van der Waals surface area contributed by atoms with Crippen molar-refractivity contribution in [3.63, 3.8) is 0 Å². The van der Waals surface area contributed by atoms with Crippen molar-refractivity contribution < 1.29 is 13.2 Å². The molecule has 1 rings (SSSR count). The van der Waals surface area contributed by atoms with Gasteiger partial charge in [0.25, 0.3) is 0 Å². The van der Waals surface area contributed by atoms with Gasteiger partial charge in [0.05, 0.1) is 19.0 Å². The molecule has 0 unspecified atom stereocenters. The van der Waals surface area contributed by atoms with Gasteiger partial charge in [0.1, 0.15) is 4.75 Å². The molecular weight excluding hydrogens is 176 g/mol. The average Bonchev–Trinajstić information content (AvgIpc) is 1.79. The minimum absolute atomic E-state index is 0.201. The van der Waals surface area contributed by atoms with Crippen LogP contribution in [0.5, 0.6) is 0 Å². The Bertz CT molecular complexity index is 249. The zero-order chi connectivity index (χ0) is 9.41. The fourth-order valence-corrected chi connectivity index (χ4v) is 3.01. The summed E-state index contributed by atoms with van der Waals surface area (Å²) in [5.74, 6) is 0.472. The lowest BCUT2D eigenvalue weighted by atomic mass is 10.1. The lowest BCUT2D eigenvalue weighted by molar-refractivity contribution is -0.00498. The van der Waals surface area contributed by atoms with Crippen molar-refractivity contribution in [1.82, 2.24) is 0 Å². The lowest BCUT2D eigenvalue weighted by Crippen LogP contribution is -2.54. The van der Waals surface area contributed by atoms with Crippen LogP contribution in [-0.4, -0.2) is 32.1 Å². The Kier molecular flexibility index (Phi) is 2.50. The van der Waals surface area contributed by atoms with E-state index in [1.165, 1.54) is 0 Å². The fraction of sp³-hybridized carbons (Fsp3) is 1.00. The van der Waals surface area contributed by atoms with Crippen molar-refractivity contribution >= 4 is 9.84 Å². The lowest BCUT2D eigenvalue weighted by Gasteiger charge is -2.37. The van der Waals surface area contributed by atoms with Crippen LogP contribution in [0.3, 0.4) is 0 Å². The standard InChI is InChI=1S/C8H16O3S/c1-7(2)4-12(9,10)8(3)5-11-6-8/h7H,4-6H2,1-3H3. The summed E-state index contributed by atoms with van der Waals surface area (Å²) in [4.78, 5) is 0. The summed E-state index contributed by atoms with van der Waals surface area (Å²) < 4.78 is 27.7. The quantitative estimate of drug-likeness (QED) is 0.665. The molecule has 0 bridgehead atoms. The van der Waals surface area contributed by atoms with Gasteiger partial charge in [-0.2, -0.15) is 0 Å². The normalized spacial score (nSPS) is 22.3. The van der Waals surface area contributed by atoms with Crippen molar-refractivity contribution in [1.29, 1.82) is 0 Å². The molecule has 1 fully saturated rings. The minimum Gasteiger partial charge on any atom is -0.378 e. The molecule has 3 nitrogen and oxygen atoms in total. The Morgan fingerprint density at radius 1 is 1.42 bits per heavy atom. The van der Waals surface area contributed by atoms with Crippen LogP contribution < -0.4 is 0 Å². The summed E-state index contributed by atoms with van der Waals surface area (Å²) in [6.45, 7) is 6.32. The second-order valence-electron chi connectivity index (χ2n) is 4.12. The van der Waals surface area contributed by atoms with Crippen LogP contribution in [-0.2, 0) is 14.6 Å². The van der Waals surface area contributed by atoms with Gasteiger partial charge < -0.3 is 4.74 Å². The minimum atomic E-state index is -2.95. The van der Waals surface area contributed by atoms with E-state index in [0.717, 1.165) is 0 Å². The number of hydrogen-bond acceptors (Lipinski definition) is 3. The van der Waals surface area contributed by atoms with E-state index in [1.54, 1.807) is 6.92 Å². The molecule has 4 heteroatoms. The maximum atomic E-state index is 11.7. The second-order valence-corrected chi connectivity index (χ2v) is 6.67. The van der Waals surface area contributed by atoms with Crippen LogP contribution in [0.4, 0.5) is 0 Å². The summed E-state index contributed by atoms with van der Waals surface area (Å²) >= 11 is 0. The molecule has 1 aliphatic heterocycles. The topological polar surface area (TPSA) is 43.4 Å². The summed E-state index contributed by atoms with van der Waals surface area (Å²) in [6.07, 6.45) is 0. The van der Waals surface area contributed by atoms with Gasteiger partial charge >= 0.3 is 0 Å². The largest absolute Gasteiger partial charge is 0.378 e. The Labute approximate surface area is 74.0 Å². The summed E-state index contributed by atoms with van der Waals surface area (Å²) in [5.41, 5.74) is 0. The molecule has 0 saturated carbocycles. The van der Waals surface area contributed by atoms with Crippen molar-refractivity contribution in [3.8, 4) is 0 Å². The van der Waals surface area contributed by atoms with Gasteiger partial charge in [0, 0.05) is 0 Å². The molecule has 0 spiro atoms. The molecular formula is C8H16O3S. The smallest absolute Gasteiger partial charge is 0.160 e. The molecule has 0 aromatic rings. The van der Waals surface area contributed by atoms with E-state index in [1.807, 2.05) is 13.8 Å². The SMILES string of the molecule is CC(C)CS(=O)(=O)C1(C)COC1. The summed E-state index contributed by atoms with van der Waals surface area (Å²) in [5, 5.41) is 0.